The van der Waals surface area contributed by atoms with Crippen LogP contribution in [0, 0.1) is 11.3 Å². The number of halogens is 1. The van der Waals surface area contributed by atoms with Gasteiger partial charge in [0.1, 0.15) is 17.4 Å². The van der Waals surface area contributed by atoms with E-state index in [0.717, 1.165) is 12.8 Å². The number of anilines is 2. The molecule has 156 valence electrons. The van der Waals surface area contributed by atoms with Crippen LogP contribution in [0.4, 0.5) is 11.4 Å². The molecule has 0 heterocycles. The Balaban J connectivity index is 2.16. The van der Waals surface area contributed by atoms with Gasteiger partial charge in [-0.25, -0.2) is 4.79 Å². The van der Waals surface area contributed by atoms with Gasteiger partial charge in [-0.05, 0) is 36.8 Å². The fourth-order valence-electron chi connectivity index (χ4n) is 2.44. The zero-order valence-electron chi connectivity index (χ0n) is 16.7. The molecule has 2 aromatic carbocycles. The summed E-state index contributed by atoms with van der Waals surface area (Å²) in [5.74, 6) is -0.738. The highest BCUT2D eigenvalue weighted by Crippen LogP contribution is 2.28. The van der Waals surface area contributed by atoms with E-state index < -0.39 is 11.9 Å². The van der Waals surface area contributed by atoms with Crippen molar-refractivity contribution in [3.63, 3.8) is 0 Å². The van der Waals surface area contributed by atoms with Gasteiger partial charge in [0.25, 0.3) is 5.91 Å². The number of nitrogens with zero attached hydrogens (tertiary/aromatic N) is 1. The van der Waals surface area contributed by atoms with Crippen molar-refractivity contribution >= 4 is 34.9 Å². The lowest BCUT2D eigenvalue weighted by Crippen LogP contribution is -2.15. The Labute approximate surface area is 180 Å². The van der Waals surface area contributed by atoms with Crippen molar-refractivity contribution in [3.8, 4) is 11.8 Å². The van der Waals surface area contributed by atoms with Crippen molar-refractivity contribution in [1.29, 1.82) is 5.26 Å². The molecule has 0 aliphatic rings. The van der Waals surface area contributed by atoms with Crippen molar-refractivity contribution in [2.45, 2.75) is 19.8 Å². The zero-order valence-corrected chi connectivity index (χ0v) is 17.5. The van der Waals surface area contributed by atoms with Gasteiger partial charge >= 0.3 is 5.97 Å². The Kier molecular flexibility index (Phi) is 8.73. The minimum Gasteiger partial charge on any atom is -0.495 e. The third kappa shape index (κ3) is 6.26. The Morgan fingerprint density at radius 1 is 1.20 bits per heavy atom. The minimum absolute atomic E-state index is 0.203. The first-order valence-corrected chi connectivity index (χ1v) is 9.65. The molecular weight excluding hydrogens is 406 g/mol. The van der Waals surface area contributed by atoms with Crippen LogP contribution >= 0.6 is 11.6 Å². The molecule has 0 atom stereocenters. The SMILES string of the molecule is CCCCOC(=O)c1ccccc1N/C=C(/C#N)C(=O)Nc1cc(Cl)ccc1OC. The predicted octanol–water partition coefficient (Wildman–Crippen LogP) is 4.76. The lowest BCUT2D eigenvalue weighted by Gasteiger charge is -2.11. The van der Waals surface area contributed by atoms with Crippen LogP contribution in [-0.4, -0.2) is 25.6 Å². The van der Waals surface area contributed by atoms with E-state index in [2.05, 4.69) is 10.6 Å². The fourth-order valence-corrected chi connectivity index (χ4v) is 2.61. The van der Waals surface area contributed by atoms with E-state index in [1.54, 1.807) is 36.4 Å². The standard InChI is InChI=1S/C22H22ClN3O4/c1-3-4-11-30-22(28)17-7-5-6-8-18(17)25-14-15(13-24)21(27)26-19-12-16(23)9-10-20(19)29-2/h5-10,12,14,25H,3-4,11H2,1-2H3,(H,26,27)/b15-14-. The molecule has 30 heavy (non-hydrogen) atoms. The van der Waals surface area contributed by atoms with Crippen molar-refractivity contribution in [2.75, 3.05) is 24.4 Å². The molecule has 0 unspecified atom stereocenters. The summed E-state index contributed by atoms with van der Waals surface area (Å²) in [6.07, 6.45) is 2.91. The second-order valence-corrected chi connectivity index (χ2v) is 6.58. The molecule has 0 fully saturated rings. The van der Waals surface area contributed by atoms with E-state index in [4.69, 9.17) is 21.1 Å². The molecule has 0 spiro atoms. The topological polar surface area (TPSA) is 100 Å². The minimum atomic E-state index is -0.659. The molecule has 0 saturated carbocycles. The van der Waals surface area contributed by atoms with Gasteiger partial charge in [-0.1, -0.05) is 37.1 Å². The zero-order chi connectivity index (χ0) is 21.9. The average Bonchev–Trinajstić information content (AvgIpc) is 2.74. The highest BCUT2D eigenvalue weighted by Gasteiger charge is 2.15. The lowest BCUT2D eigenvalue weighted by atomic mass is 10.1. The molecule has 0 saturated heterocycles. The molecular formula is C22H22ClN3O4. The van der Waals surface area contributed by atoms with Crippen LogP contribution in [0.5, 0.6) is 5.75 Å². The number of ether oxygens (including phenoxy) is 2. The van der Waals surface area contributed by atoms with Gasteiger partial charge in [0.05, 0.1) is 30.7 Å². The van der Waals surface area contributed by atoms with E-state index in [-0.39, 0.29) is 5.57 Å². The van der Waals surface area contributed by atoms with Crippen LogP contribution < -0.4 is 15.4 Å². The first-order chi connectivity index (χ1) is 14.5. The number of unbranched alkanes of at least 4 members (excludes halogenated alkanes) is 1. The van der Waals surface area contributed by atoms with Crippen molar-refractivity contribution in [1.82, 2.24) is 0 Å². The Morgan fingerprint density at radius 2 is 1.97 bits per heavy atom. The number of carbonyl (C=O) groups is 2. The number of benzene rings is 2. The molecule has 0 aliphatic heterocycles. The number of nitriles is 1. The van der Waals surface area contributed by atoms with E-state index in [9.17, 15) is 14.9 Å². The summed E-state index contributed by atoms with van der Waals surface area (Å²) in [4.78, 5) is 24.8. The van der Waals surface area contributed by atoms with Gasteiger partial charge < -0.3 is 20.1 Å². The average molecular weight is 428 g/mol. The highest BCUT2D eigenvalue weighted by atomic mass is 35.5. The molecule has 0 aliphatic carbocycles. The van der Waals surface area contributed by atoms with E-state index in [1.807, 2.05) is 13.0 Å². The molecule has 2 rings (SSSR count). The molecule has 2 N–H and O–H groups in total. The maximum Gasteiger partial charge on any atom is 0.340 e. The molecule has 0 aromatic heterocycles. The van der Waals surface area contributed by atoms with Crippen LogP contribution in [-0.2, 0) is 9.53 Å². The summed E-state index contributed by atoms with van der Waals surface area (Å²) >= 11 is 5.96. The van der Waals surface area contributed by atoms with E-state index >= 15 is 0 Å². The fraction of sp³-hybridized carbons (Fsp3) is 0.227. The number of hydrogen-bond donors (Lipinski definition) is 2. The second kappa shape index (κ2) is 11.5. The molecule has 2 aromatic rings. The van der Waals surface area contributed by atoms with Crippen LogP contribution in [0.25, 0.3) is 0 Å². The number of carbonyl (C=O) groups excluding carboxylic acids is 2. The first kappa shape index (κ1) is 22.8. The van der Waals surface area contributed by atoms with E-state index in [0.29, 0.717) is 34.3 Å². The first-order valence-electron chi connectivity index (χ1n) is 9.28. The Bertz CT molecular complexity index is 983. The third-order valence-corrected chi connectivity index (χ3v) is 4.26. The largest absolute Gasteiger partial charge is 0.495 e. The summed E-state index contributed by atoms with van der Waals surface area (Å²) in [7, 11) is 1.46. The van der Waals surface area contributed by atoms with Crippen LogP contribution in [0.15, 0.2) is 54.2 Å². The molecule has 0 radical (unpaired) electrons. The van der Waals surface area contributed by atoms with Gasteiger partial charge in [-0.3, -0.25) is 4.79 Å². The number of para-hydroxylation sites is 1. The number of rotatable bonds is 9. The van der Waals surface area contributed by atoms with E-state index in [1.165, 1.54) is 19.4 Å². The summed E-state index contributed by atoms with van der Waals surface area (Å²) in [6, 6.07) is 13.3. The van der Waals surface area contributed by atoms with Gasteiger partial charge in [0.15, 0.2) is 0 Å². The van der Waals surface area contributed by atoms with Gasteiger partial charge in [-0.15, -0.1) is 0 Å². The Hall–Kier alpha value is -3.50. The van der Waals surface area contributed by atoms with Crippen molar-refractivity contribution < 1.29 is 19.1 Å². The number of methoxy groups -OCH3 is 1. The predicted molar refractivity (Wildman–Crippen MR) is 116 cm³/mol. The van der Waals surface area contributed by atoms with Crippen LogP contribution in [0.3, 0.4) is 0 Å². The maximum absolute atomic E-state index is 12.5. The summed E-state index contributed by atoms with van der Waals surface area (Å²) in [5.41, 5.74) is 0.848. The Morgan fingerprint density at radius 3 is 2.67 bits per heavy atom. The van der Waals surface area contributed by atoms with Crippen molar-refractivity contribution in [3.05, 3.63) is 64.8 Å². The maximum atomic E-state index is 12.5. The van der Waals surface area contributed by atoms with Gasteiger partial charge in [-0.2, -0.15) is 5.26 Å². The van der Waals surface area contributed by atoms with Crippen molar-refractivity contribution in [2.24, 2.45) is 0 Å². The summed E-state index contributed by atoms with van der Waals surface area (Å²) in [5, 5.41) is 15.2. The monoisotopic (exact) mass is 427 g/mol. The number of amides is 1. The molecule has 1 amide bonds. The number of hydrogen-bond acceptors (Lipinski definition) is 6. The summed E-state index contributed by atoms with van der Waals surface area (Å²) in [6.45, 7) is 2.33. The van der Waals surface area contributed by atoms with Crippen LogP contribution in [0.2, 0.25) is 5.02 Å². The quantitative estimate of drug-likeness (QED) is 0.259. The second-order valence-electron chi connectivity index (χ2n) is 6.15. The van der Waals surface area contributed by atoms with Gasteiger partial charge in [0, 0.05) is 11.2 Å². The molecule has 7 nitrogen and oxygen atoms in total. The smallest absolute Gasteiger partial charge is 0.340 e. The normalized spacial score (nSPS) is 10.7. The molecule has 0 bridgehead atoms. The third-order valence-electron chi connectivity index (χ3n) is 4.02. The van der Waals surface area contributed by atoms with Crippen LogP contribution in [0.1, 0.15) is 30.1 Å². The molecule has 8 heteroatoms. The summed E-state index contributed by atoms with van der Waals surface area (Å²) < 4.78 is 10.4. The number of nitrogens with one attached hydrogen (secondary N) is 2. The van der Waals surface area contributed by atoms with Gasteiger partial charge in [0.2, 0.25) is 0 Å². The lowest BCUT2D eigenvalue weighted by molar-refractivity contribution is -0.112. The number of esters is 1. The highest BCUT2D eigenvalue weighted by molar-refractivity contribution is 6.31.